The number of unbranched alkanes of at least 4 members (excludes halogenated alkanes) is 2. The van der Waals surface area contributed by atoms with Crippen LogP contribution in [0.15, 0.2) is 61.7 Å². The maximum atomic E-state index is 13.2. The number of ether oxygens (including phenoxy) is 10. The van der Waals surface area contributed by atoms with Crippen molar-refractivity contribution < 1.29 is 95.3 Å². The average molecular weight is 1040 g/mol. The molecule has 2 aliphatic carbocycles. The van der Waals surface area contributed by atoms with Crippen molar-refractivity contribution in [3.63, 3.8) is 0 Å². The number of rotatable bonds is 22. The molecule has 1 heterocycles. The summed E-state index contributed by atoms with van der Waals surface area (Å²) in [5.74, 6) is -6.91. The van der Waals surface area contributed by atoms with Crippen LogP contribution in [0, 0.1) is 23.7 Å². The molecule has 2 aromatic rings. The second-order valence-electron chi connectivity index (χ2n) is 17.4. The van der Waals surface area contributed by atoms with Gasteiger partial charge in [-0.15, -0.1) is 0 Å². The normalized spacial score (nSPS) is 18.2. The summed E-state index contributed by atoms with van der Waals surface area (Å²) >= 11 is 0. The molecule has 0 unspecified atom stereocenters. The van der Waals surface area contributed by atoms with Gasteiger partial charge in [-0.2, -0.15) is 0 Å². The van der Waals surface area contributed by atoms with Gasteiger partial charge in [0.05, 0.1) is 64.3 Å². The van der Waals surface area contributed by atoms with Crippen LogP contribution in [-0.4, -0.2) is 137 Å². The monoisotopic (exact) mass is 1030 g/mol. The van der Waals surface area contributed by atoms with Crippen molar-refractivity contribution in [2.45, 2.75) is 77.0 Å². The molecule has 0 atom stereocenters. The van der Waals surface area contributed by atoms with Crippen molar-refractivity contribution in [2.24, 2.45) is 23.7 Å². The highest BCUT2D eigenvalue weighted by Gasteiger charge is 2.35. The van der Waals surface area contributed by atoms with E-state index in [-0.39, 0.29) is 111 Å². The largest absolute Gasteiger partial charge is 0.465 e. The van der Waals surface area contributed by atoms with Crippen LogP contribution in [-0.2, 0) is 57.2 Å². The first-order chi connectivity index (χ1) is 35.6. The summed E-state index contributed by atoms with van der Waals surface area (Å²) in [6, 6.07) is 7.71. The Morgan fingerprint density at radius 1 is 0.459 bits per heavy atom. The lowest BCUT2D eigenvalue weighted by atomic mass is 9.82. The van der Waals surface area contributed by atoms with Gasteiger partial charge < -0.3 is 57.2 Å². The number of methoxy groups -OCH3 is 2. The molecule has 5 rings (SSSR count). The molecule has 2 amide bonds. The van der Waals surface area contributed by atoms with Crippen LogP contribution in [0.5, 0.6) is 23.0 Å². The van der Waals surface area contributed by atoms with Gasteiger partial charge in [0, 0.05) is 38.3 Å². The number of benzene rings is 2. The number of hydrogen-bond donors (Lipinski definition) is 0. The van der Waals surface area contributed by atoms with E-state index in [0.29, 0.717) is 77.0 Å². The number of hydrogen-bond acceptors (Lipinski definition) is 20. The molecule has 3 fully saturated rings. The molecule has 0 aromatic heterocycles. The lowest BCUT2D eigenvalue weighted by Gasteiger charge is -2.33. The maximum absolute atomic E-state index is 13.2. The molecule has 74 heavy (non-hydrogen) atoms. The lowest BCUT2D eigenvalue weighted by Crippen LogP contribution is -2.52. The van der Waals surface area contributed by atoms with Crippen LogP contribution < -0.4 is 18.9 Å². The molecule has 1 aliphatic heterocycles. The standard InChI is InChI=1S/C52H62N2O20/c1-5-43(55)67-27-7-9-29-69-45(57)33-11-15-35(16-12-33)47(59)73-41-21-19-37(31-39(41)49(61)65-3)71-51(63)53-23-25-54(26-24-53)52(64)72-38-20-22-42(40(32-38)50(62)66-4)74-48(60)36-17-13-34(14-18-36)46(58)70-30-10-8-28-68-44(56)6-2/h5-6,19-22,31-36H,1-2,7-18,23-30H2,3-4H3. The van der Waals surface area contributed by atoms with Crippen LogP contribution in [0.2, 0.25) is 0 Å². The van der Waals surface area contributed by atoms with E-state index in [1.807, 2.05) is 0 Å². The fourth-order valence-electron chi connectivity index (χ4n) is 8.23. The van der Waals surface area contributed by atoms with Gasteiger partial charge in [-0.3, -0.25) is 19.2 Å². The lowest BCUT2D eigenvalue weighted by molar-refractivity contribution is -0.152. The zero-order valence-corrected chi connectivity index (χ0v) is 41.5. The minimum Gasteiger partial charge on any atom is -0.465 e. The van der Waals surface area contributed by atoms with Gasteiger partial charge in [-0.05, 0) is 113 Å². The van der Waals surface area contributed by atoms with E-state index >= 15 is 0 Å². The average Bonchev–Trinajstić information content (AvgIpc) is 3.42. The molecule has 3 aliphatic rings. The molecule has 2 saturated carbocycles. The first kappa shape index (κ1) is 57.1. The molecule has 0 radical (unpaired) electrons. The second kappa shape index (κ2) is 29.1. The zero-order valence-electron chi connectivity index (χ0n) is 41.5. The van der Waals surface area contributed by atoms with E-state index in [9.17, 15) is 47.9 Å². The number of piperazine rings is 1. The van der Waals surface area contributed by atoms with E-state index < -0.39 is 59.8 Å². The Hall–Kier alpha value is -7.78. The smallest absolute Gasteiger partial charge is 0.415 e. The van der Waals surface area contributed by atoms with Gasteiger partial charge in [0.1, 0.15) is 34.1 Å². The Bertz CT molecular complexity index is 2210. The number of amides is 2. The number of carbonyl (C=O) groups excluding carboxylic acids is 10. The SMILES string of the molecule is C=CC(=O)OCCCCOC(=O)C1CCC(C(=O)Oc2ccc(OC(=O)N3CCN(C(=O)Oc4ccc(OC(=O)C5CCC(C(=O)OCCCCOC(=O)C=C)CC5)c(C(=O)OC)c4)CC3)cc2C(=O)OC)CC1. The van der Waals surface area contributed by atoms with Crippen LogP contribution >= 0.6 is 0 Å². The van der Waals surface area contributed by atoms with Gasteiger partial charge in [0.25, 0.3) is 0 Å². The fourth-order valence-corrected chi connectivity index (χ4v) is 8.23. The Kier molecular flexibility index (Phi) is 22.4. The highest BCUT2D eigenvalue weighted by Crippen LogP contribution is 2.35. The van der Waals surface area contributed by atoms with E-state index in [4.69, 9.17) is 47.4 Å². The highest BCUT2D eigenvalue weighted by atomic mass is 16.6. The summed E-state index contributed by atoms with van der Waals surface area (Å²) in [6.07, 6.45) is 5.61. The molecule has 0 spiro atoms. The number of esters is 8. The Morgan fingerprint density at radius 3 is 1.08 bits per heavy atom. The minimum atomic E-state index is -0.857. The van der Waals surface area contributed by atoms with Crippen molar-refractivity contribution >= 4 is 59.9 Å². The van der Waals surface area contributed by atoms with Crippen molar-refractivity contribution in [1.82, 2.24) is 9.80 Å². The van der Waals surface area contributed by atoms with Gasteiger partial charge in [0.2, 0.25) is 0 Å². The summed E-state index contributed by atoms with van der Waals surface area (Å²) in [5.41, 5.74) is -0.348. The van der Waals surface area contributed by atoms with Gasteiger partial charge in [-0.25, -0.2) is 28.8 Å². The van der Waals surface area contributed by atoms with Gasteiger partial charge in [-0.1, -0.05) is 13.2 Å². The maximum Gasteiger partial charge on any atom is 0.415 e. The minimum absolute atomic E-state index is 0.0322. The quantitative estimate of drug-likeness (QED) is 0.0423. The molecular formula is C52H62N2O20. The Balaban J connectivity index is 1.05. The summed E-state index contributed by atoms with van der Waals surface area (Å²) in [5, 5.41) is 0. The van der Waals surface area contributed by atoms with E-state index in [1.54, 1.807) is 0 Å². The summed E-state index contributed by atoms with van der Waals surface area (Å²) < 4.78 is 52.6. The van der Waals surface area contributed by atoms with Crippen molar-refractivity contribution in [3.8, 4) is 23.0 Å². The molecule has 0 N–H and O–H groups in total. The molecule has 1 saturated heterocycles. The van der Waals surface area contributed by atoms with Crippen molar-refractivity contribution in [1.29, 1.82) is 0 Å². The fraction of sp³-hybridized carbons (Fsp3) is 0.500. The van der Waals surface area contributed by atoms with Crippen LogP contribution in [0.4, 0.5) is 9.59 Å². The molecule has 2 aromatic carbocycles. The van der Waals surface area contributed by atoms with E-state index in [0.717, 1.165) is 26.4 Å². The van der Waals surface area contributed by atoms with Crippen molar-refractivity contribution in [3.05, 3.63) is 72.8 Å². The molecule has 22 heteroatoms. The Labute approximate surface area is 427 Å². The number of carbonyl (C=O) groups is 10. The topological polar surface area (TPSA) is 269 Å². The number of nitrogens with zero attached hydrogens (tertiary/aromatic N) is 2. The predicted molar refractivity (Wildman–Crippen MR) is 256 cm³/mol. The molecule has 400 valence electrons. The van der Waals surface area contributed by atoms with Crippen LogP contribution in [0.3, 0.4) is 0 Å². The van der Waals surface area contributed by atoms with Gasteiger partial charge >= 0.3 is 59.9 Å². The van der Waals surface area contributed by atoms with E-state index in [1.165, 1.54) is 46.2 Å². The molecular weight excluding hydrogens is 973 g/mol. The summed E-state index contributed by atoms with van der Waals surface area (Å²) in [4.78, 5) is 129. The van der Waals surface area contributed by atoms with Crippen LogP contribution in [0.1, 0.15) is 97.8 Å². The first-order valence-corrected chi connectivity index (χ1v) is 24.4. The molecule has 22 nitrogen and oxygen atoms in total. The second-order valence-corrected chi connectivity index (χ2v) is 17.4. The third-order valence-corrected chi connectivity index (χ3v) is 12.5. The first-order valence-electron chi connectivity index (χ1n) is 24.4. The van der Waals surface area contributed by atoms with Crippen molar-refractivity contribution in [2.75, 3.05) is 66.8 Å². The van der Waals surface area contributed by atoms with E-state index in [2.05, 4.69) is 13.2 Å². The van der Waals surface area contributed by atoms with Crippen LogP contribution in [0.25, 0.3) is 0 Å². The highest BCUT2D eigenvalue weighted by molar-refractivity contribution is 5.95. The zero-order chi connectivity index (χ0) is 53.6. The summed E-state index contributed by atoms with van der Waals surface area (Å²) in [6.45, 7) is 7.50. The summed E-state index contributed by atoms with van der Waals surface area (Å²) in [7, 11) is 2.27. The van der Waals surface area contributed by atoms with Gasteiger partial charge in [0.15, 0.2) is 0 Å². The third kappa shape index (κ3) is 17.2. The predicted octanol–water partition coefficient (Wildman–Crippen LogP) is 6.10. The Morgan fingerprint density at radius 2 is 0.770 bits per heavy atom. The molecule has 0 bridgehead atoms. The third-order valence-electron chi connectivity index (χ3n) is 12.5.